The summed E-state index contributed by atoms with van der Waals surface area (Å²) in [5.41, 5.74) is 0.794. The first-order valence-electron chi connectivity index (χ1n) is 6.16. The Balaban J connectivity index is 2.05. The molecule has 0 radical (unpaired) electrons. The average Bonchev–Trinajstić information content (AvgIpc) is 2.44. The van der Waals surface area contributed by atoms with Crippen molar-refractivity contribution in [3.8, 4) is 0 Å². The molecule has 0 bridgehead atoms. The number of nitrogens with one attached hydrogen (secondary N) is 1. The second-order valence-electron chi connectivity index (χ2n) is 4.33. The highest BCUT2D eigenvalue weighted by Crippen LogP contribution is 2.09. The van der Waals surface area contributed by atoms with Gasteiger partial charge in [0.2, 0.25) is 0 Å². The Morgan fingerprint density at radius 3 is 2.90 bits per heavy atom. The normalized spacial score (nSPS) is 10.2. The van der Waals surface area contributed by atoms with Gasteiger partial charge in [-0.3, -0.25) is 4.79 Å². The second kappa shape index (κ2) is 6.01. The maximum atomic E-state index is 11.7. The molecule has 6 nitrogen and oxygen atoms in total. The first-order chi connectivity index (χ1) is 9.59. The topological polar surface area (TPSA) is 84.2 Å². The standard InChI is InChI=1S/C14H15N3O3/c1-17-9-8-16-12(13(17)18)15-7-6-10-4-2-3-5-11(10)14(19)20/h2-5,8-9H,6-7H2,1H3,(H,15,16)(H,19,20). The Morgan fingerprint density at radius 1 is 1.40 bits per heavy atom. The molecule has 0 saturated carbocycles. The number of hydrogen-bond acceptors (Lipinski definition) is 4. The number of aryl methyl sites for hydroxylation is 1. The predicted molar refractivity (Wildman–Crippen MR) is 75.1 cm³/mol. The van der Waals surface area contributed by atoms with Crippen molar-refractivity contribution < 1.29 is 9.90 Å². The molecule has 1 aromatic carbocycles. The van der Waals surface area contributed by atoms with Gasteiger partial charge in [0.15, 0.2) is 5.82 Å². The van der Waals surface area contributed by atoms with Crippen molar-refractivity contribution >= 4 is 11.8 Å². The predicted octanol–water partition coefficient (Wildman–Crippen LogP) is 1.13. The SMILES string of the molecule is Cn1ccnc(NCCc2ccccc2C(=O)O)c1=O. The van der Waals surface area contributed by atoms with E-state index < -0.39 is 5.97 Å². The van der Waals surface area contributed by atoms with Gasteiger partial charge in [0, 0.05) is 26.0 Å². The van der Waals surface area contributed by atoms with Crippen molar-refractivity contribution in [1.82, 2.24) is 9.55 Å². The Bertz CT molecular complexity index is 679. The van der Waals surface area contributed by atoms with Gasteiger partial charge in [0.1, 0.15) is 0 Å². The number of hydrogen-bond donors (Lipinski definition) is 2. The molecule has 2 aromatic rings. The first-order valence-corrected chi connectivity index (χ1v) is 6.16. The van der Waals surface area contributed by atoms with Crippen molar-refractivity contribution in [2.75, 3.05) is 11.9 Å². The van der Waals surface area contributed by atoms with Gasteiger partial charge in [-0.25, -0.2) is 9.78 Å². The second-order valence-corrected chi connectivity index (χ2v) is 4.33. The van der Waals surface area contributed by atoms with Crippen LogP contribution in [0.15, 0.2) is 41.5 Å². The van der Waals surface area contributed by atoms with Gasteiger partial charge in [0.05, 0.1) is 5.56 Å². The van der Waals surface area contributed by atoms with E-state index in [1.54, 1.807) is 37.5 Å². The monoisotopic (exact) mass is 273 g/mol. The number of carboxylic acids is 1. The quantitative estimate of drug-likeness (QED) is 0.853. The highest BCUT2D eigenvalue weighted by atomic mass is 16.4. The van der Waals surface area contributed by atoms with E-state index >= 15 is 0 Å². The minimum atomic E-state index is -0.950. The van der Waals surface area contributed by atoms with E-state index in [0.717, 1.165) is 5.56 Å². The Hall–Kier alpha value is -2.63. The van der Waals surface area contributed by atoms with E-state index in [2.05, 4.69) is 10.3 Å². The van der Waals surface area contributed by atoms with Crippen LogP contribution in [0.4, 0.5) is 5.82 Å². The lowest BCUT2D eigenvalue weighted by Crippen LogP contribution is -2.23. The molecule has 0 aliphatic heterocycles. The third-order valence-corrected chi connectivity index (χ3v) is 2.95. The van der Waals surface area contributed by atoms with Gasteiger partial charge < -0.3 is 15.0 Å². The number of carbonyl (C=O) groups is 1. The summed E-state index contributed by atoms with van der Waals surface area (Å²) in [5, 5.41) is 12.0. The number of rotatable bonds is 5. The highest BCUT2D eigenvalue weighted by Gasteiger charge is 2.09. The molecule has 6 heteroatoms. The highest BCUT2D eigenvalue weighted by molar-refractivity contribution is 5.89. The largest absolute Gasteiger partial charge is 0.478 e. The number of aromatic nitrogens is 2. The Morgan fingerprint density at radius 2 is 2.15 bits per heavy atom. The van der Waals surface area contributed by atoms with Crippen molar-refractivity contribution in [1.29, 1.82) is 0 Å². The van der Waals surface area contributed by atoms with E-state index in [1.165, 1.54) is 10.8 Å². The molecule has 0 unspecified atom stereocenters. The van der Waals surface area contributed by atoms with Crippen LogP contribution in [0.5, 0.6) is 0 Å². The lowest BCUT2D eigenvalue weighted by Gasteiger charge is -2.08. The zero-order valence-corrected chi connectivity index (χ0v) is 11.0. The molecule has 0 spiro atoms. The van der Waals surface area contributed by atoms with E-state index in [4.69, 9.17) is 5.11 Å². The molecule has 0 saturated heterocycles. The van der Waals surface area contributed by atoms with Crippen LogP contribution in [0.25, 0.3) is 0 Å². The number of aromatic carboxylic acids is 1. The maximum absolute atomic E-state index is 11.7. The van der Waals surface area contributed by atoms with E-state index in [-0.39, 0.29) is 16.9 Å². The first kappa shape index (κ1) is 13.8. The van der Waals surface area contributed by atoms with Crippen molar-refractivity contribution in [3.05, 3.63) is 58.1 Å². The van der Waals surface area contributed by atoms with E-state index in [1.807, 2.05) is 0 Å². The van der Waals surface area contributed by atoms with Gasteiger partial charge >= 0.3 is 5.97 Å². The fraction of sp³-hybridized carbons (Fsp3) is 0.214. The van der Waals surface area contributed by atoms with Crippen LogP contribution in [-0.4, -0.2) is 27.2 Å². The Labute approximate surface area is 115 Å². The summed E-state index contributed by atoms with van der Waals surface area (Å²) < 4.78 is 1.43. The molecule has 0 atom stereocenters. The third kappa shape index (κ3) is 3.03. The Kier molecular flexibility index (Phi) is 4.14. The summed E-state index contributed by atoms with van der Waals surface area (Å²) in [6.07, 6.45) is 3.62. The fourth-order valence-electron chi connectivity index (χ4n) is 1.88. The maximum Gasteiger partial charge on any atom is 0.335 e. The van der Waals surface area contributed by atoms with E-state index in [0.29, 0.717) is 13.0 Å². The number of nitrogens with zero attached hydrogens (tertiary/aromatic N) is 2. The summed E-state index contributed by atoms with van der Waals surface area (Å²) in [4.78, 5) is 26.8. The van der Waals surface area contributed by atoms with Crippen LogP contribution in [0.2, 0.25) is 0 Å². The molecule has 1 heterocycles. The summed E-state index contributed by atoms with van der Waals surface area (Å²) in [6.45, 7) is 0.441. The van der Waals surface area contributed by atoms with Crippen molar-refractivity contribution in [2.24, 2.45) is 7.05 Å². The number of benzene rings is 1. The van der Waals surface area contributed by atoms with Crippen LogP contribution >= 0.6 is 0 Å². The van der Waals surface area contributed by atoms with Crippen molar-refractivity contribution in [3.63, 3.8) is 0 Å². The number of carboxylic acid groups (broad SMARTS) is 1. The molecule has 0 amide bonds. The smallest absolute Gasteiger partial charge is 0.335 e. The van der Waals surface area contributed by atoms with Crippen LogP contribution in [-0.2, 0) is 13.5 Å². The summed E-state index contributed by atoms with van der Waals surface area (Å²) in [6, 6.07) is 6.82. The molecule has 2 N–H and O–H groups in total. The molecule has 1 aromatic heterocycles. The average molecular weight is 273 g/mol. The summed E-state index contributed by atoms with van der Waals surface area (Å²) >= 11 is 0. The lowest BCUT2D eigenvalue weighted by molar-refractivity contribution is 0.0695. The van der Waals surface area contributed by atoms with Crippen LogP contribution in [0, 0.1) is 0 Å². The van der Waals surface area contributed by atoms with Gasteiger partial charge in [-0.15, -0.1) is 0 Å². The molecular weight excluding hydrogens is 258 g/mol. The van der Waals surface area contributed by atoms with Crippen molar-refractivity contribution in [2.45, 2.75) is 6.42 Å². The third-order valence-electron chi connectivity index (χ3n) is 2.95. The molecule has 0 aliphatic carbocycles. The van der Waals surface area contributed by atoms with Crippen LogP contribution in [0.3, 0.4) is 0 Å². The molecule has 2 rings (SSSR count). The van der Waals surface area contributed by atoms with Crippen LogP contribution < -0.4 is 10.9 Å². The zero-order chi connectivity index (χ0) is 14.5. The molecule has 0 aliphatic rings. The molecule has 20 heavy (non-hydrogen) atoms. The summed E-state index contributed by atoms with van der Waals surface area (Å²) in [5.74, 6) is -0.683. The van der Waals surface area contributed by atoms with Gasteiger partial charge in [0.25, 0.3) is 5.56 Å². The zero-order valence-electron chi connectivity index (χ0n) is 11.0. The number of anilines is 1. The minimum Gasteiger partial charge on any atom is -0.478 e. The molecule has 104 valence electrons. The summed E-state index contributed by atoms with van der Waals surface area (Å²) in [7, 11) is 1.65. The van der Waals surface area contributed by atoms with Gasteiger partial charge in [-0.2, -0.15) is 0 Å². The van der Waals surface area contributed by atoms with Gasteiger partial charge in [-0.05, 0) is 18.1 Å². The fourth-order valence-corrected chi connectivity index (χ4v) is 1.88. The van der Waals surface area contributed by atoms with E-state index in [9.17, 15) is 9.59 Å². The van der Waals surface area contributed by atoms with Gasteiger partial charge in [-0.1, -0.05) is 18.2 Å². The molecular formula is C14H15N3O3. The lowest BCUT2D eigenvalue weighted by atomic mass is 10.0. The minimum absolute atomic E-state index is 0.209. The molecule has 0 fully saturated rings. The van der Waals surface area contributed by atoms with Crippen LogP contribution in [0.1, 0.15) is 15.9 Å².